The molecule has 0 spiro atoms. The molecular formula is C18H20N4O2. The van der Waals surface area contributed by atoms with Gasteiger partial charge in [0.15, 0.2) is 0 Å². The average molecular weight is 324 g/mol. The number of nitrogens with zero attached hydrogens (tertiary/aromatic N) is 3. The molecule has 0 saturated carbocycles. The largest absolute Gasteiger partial charge is 0.338 e. The predicted molar refractivity (Wildman–Crippen MR) is 90.5 cm³/mol. The molecule has 1 fully saturated rings. The quantitative estimate of drug-likeness (QED) is 0.940. The van der Waals surface area contributed by atoms with Gasteiger partial charge in [-0.25, -0.2) is 4.98 Å². The highest BCUT2D eigenvalue weighted by molar-refractivity contribution is 5.95. The highest BCUT2D eigenvalue weighted by atomic mass is 16.2. The molecule has 0 aliphatic carbocycles. The Kier molecular flexibility index (Phi) is 4.84. The summed E-state index contributed by atoms with van der Waals surface area (Å²) >= 11 is 0. The first-order valence-corrected chi connectivity index (χ1v) is 8.07. The van der Waals surface area contributed by atoms with E-state index in [4.69, 9.17) is 0 Å². The molecule has 2 aromatic rings. The number of likely N-dealkylation sites (tertiary alicyclic amines) is 1. The minimum Gasteiger partial charge on any atom is -0.338 e. The fourth-order valence-corrected chi connectivity index (χ4v) is 2.89. The number of amides is 2. The zero-order valence-electron chi connectivity index (χ0n) is 13.6. The van der Waals surface area contributed by atoms with Gasteiger partial charge in [-0.15, -0.1) is 0 Å². The van der Waals surface area contributed by atoms with Crippen molar-refractivity contribution in [3.05, 3.63) is 54.0 Å². The van der Waals surface area contributed by atoms with Crippen molar-refractivity contribution >= 4 is 17.6 Å². The summed E-state index contributed by atoms with van der Waals surface area (Å²) in [5.41, 5.74) is 1.41. The molecule has 2 aromatic heterocycles. The summed E-state index contributed by atoms with van der Waals surface area (Å²) in [5.74, 6) is 0.170. The van der Waals surface area contributed by atoms with Crippen LogP contribution < -0.4 is 5.32 Å². The van der Waals surface area contributed by atoms with Crippen LogP contribution in [0, 0.1) is 12.8 Å². The Morgan fingerprint density at radius 1 is 1.25 bits per heavy atom. The number of anilines is 1. The molecule has 6 heteroatoms. The van der Waals surface area contributed by atoms with Gasteiger partial charge in [-0.05, 0) is 44.0 Å². The number of hydrogen-bond acceptors (Lipinski definition) is 4. The van der Waals surface area contributed by atoms with Gasteiger partial charge in [0, 0.05) is 31.2 Å². The number of carbonyl (C=O) groups is 2. The molecule has 24 heavy (non-hydrogen) atoms. The maximum atomic E-state index is 12.5. The topological polar surface area (TPSA) is 75.2 Å². The van der Waals surface area contributed by atoms with E-state index in [9.17, 15) is 9.59 Å². The van der Waals surface area contributed by atoms with Crippen LogP contribution in [0.15, 0.2) is 42.7 Å². The normalized spacial score (nSPS) is 17.4. The van der Waals surface area contributed by atoms with Crippen molar-refractivity contribution in [3.63, 3.8) is 0 Å². The van der Waals surface area contributed by atoms with Gasteiger partial charge < -0.3 is 10.2 Å². The molecule has 6 nitrogen and oxygen atoms in total. The van der Waals surface area contributed by atoms with Gasteiger partial charge in [0.1, 0.15) is 5.82 Å². The van der Waals surface area contributed by atoms with Crippen LogP contribution in [-0.2, 0) is 4.79 Å². The van der Waals surface area contributed by atoms with Gasteiger partial charge in [0.25, 0.3) is 5.91 Å². The van der Waals surface area contributed by atoms with Crippen molar-refractivity contribution in [2.75, 3.05) is 18.4 Å². The third-order valence-electron chi connectivity index (χ3n) is 4.13. The van der Waals surface area contributed by atoms with Gasteiger partial charge in [0.2, 0.25) is 5.91 Å². The van der Waals surface area contributed by atoms with Crippen LogP contribution in [0.3, 0.4) is 0 Å². The van der Waals surface area contributed by atoms with E-state index in [1.807, 2.05) is 19.1 Å². The fourth-order valence-electron chi connectivity index (χ4n) is 2.89. The van der Waals surface area contributed by atoms with E-state index in [2.05, 4.69) is 15.3 Å². The summed E-state index contributed by atoms with van der Waals surface area (Å²) in [6, 6.07) is 8.99. The molecule has 0 radical (unpaired) electrons. The summed E-state index contributed by atoms with van der Waals surface area (Å²) in [4.78, 5) is 35.0. The van der Waals surface area contributed by atoms with Crippen molar-refractivity contribution in [1.29, 1.82) is 0 Å². The summed E-state index contributed by atoms with van der Waals surface area (Å²) in [6.45, 7) is 2.97. The van der Waals surface area contributed by atoms with E-state index in [0.717, 1.165) is 18.5 Å². The Labute approximate surface area is 140 Å². The van der Waals surface area contributed by atoms with Crippen LogP contribution >= 0.6 is 0 Å². The maximum absolute atomic E-state index is 12.5. The lowest BCUT2D eigenvalue weighted by atomic mass is 9.96. The van der Waals surface area contributed by atoms with Crippen molar-refractivity contribution in [2.24, 2.45) is 5.92 Å². The predicted octanol–water partition coefficient (Wildman–Crippen LogP) is 2.28. The second kappa shape index (κ2) is 7.21. The third kappa shape index (κ3) is 3.76. The number of aryl methyl sites for hydroxylation is 1. The lowest BCUT2D eigenvalue weighted by Gasteiger charge is -2.32. The Morgan fingerprint density at radius 2 is 2.12 bits per heavy atom. The Morgan fingerprint density at radius 3 is 2.88 bits per heavy atom. The zero-order valence-corrected chi connectivity index (χ0v) is 13.6. The van der Waals surface area contributed by atoms with Gasteiger partial charge in [-0.3, -0.25) is 14.6 Å². The van der Waals surface area contributed by atoms with Crippen LogP contribution in [0.2, 0.25) is 0 Å². The number of piperidine rings is 1. The molecule has 3 rings (SSSR count). The second-order valence-corrected chi connectivity index (χ2v) is 5.99. The van der Waals surface area contributed by atoms with E-state index < -0.39 is 0 Å². The smallest absolute Gasteiger partial charge is 0.255 e. The van der Waals surface area contributed by atoms with E-state index in [1.54, 1.807) is 35.5 Å². The molecule has 3 heterocycles. The van der Waals surface area contributed by atoms with Crippen LogP contribution in [0.25, 0.3) is 0 Å². The standard InChI is InChI=1S/C18H20N4O2/c1-13-5-2-8-16(20-13)21-17(23)15-7-4-10-22(12-15)18(24)14-6-3-9-19-11-14/h2-3,5-6,8-9,11,15H,4,7,10,12H2,1H3,(H,20,21,23)/t15-/m0/s1. The van der Waals surface area contributed by atoms with Crippen molar-refractivity contribution in [2.45, 2.75) is 19.8 Å². The molecule has 1 saturated heterocycles. The molecule has 0 aromatic carbocycles. The van der Waals surface area contributed by atoms with Crippen LogP contribution in [0.4, 0.5) is 5.82 Å². The molecule has 1 aliphatic heterocycles. The summed E-state index contributed by atoms with van der Waals surface area (Å²) < 4.78 is 0. The Balaban J connectivity index is 1.65. The Bertz CT molecular complexity index is 733. The number of carbonyl (C=O) groups excluding carboxylic acids is 2. The molecule has 2 amide bonds. The Hall–Kier alpha value is -2.76. The van der Waals surface area contributed by atoms with Crippen molar-refractivity contribution in [3.8, 4) is 0 Å². The van der Waals surface area contributed by atoms with E-state index in [1.165, 1.54) is 0 Å². The van der Waals surface area contributed by atoms with E-state index in [-0.39, 0.29) is 17.7 Å². The average Bonchev–Trinajstić information content (AvgIpc) is 2.62. The first kappa shape index (κ1) is 16.1. The molecule has 0 bridgehead atoms. The van der Waals surface area contributed by atoms with Crippen LogP contribution in [-0.4, -0.2) is 39.8 Å². The van der Waals surface area contributed by atoms with Crippen LogP contribution in [0.1, 0.15) is 28.9 Å². The fraction of sp³-hybridized carbons (Fsp3) is 0.333. The molecular weight excluding hydrogens is 304 g/mol. The highest BCUT2D eigenvalue weighted by Crippen LogP contribution is 2.20. The number of hydrogen-bond donors (Lipinski definition) is 1. The minimum absolute atomic E-state index is 0.0747. The van der Waals surface area contributed by atoms with Gasteiger partial charge in [0.05, 0.1) is 11.5 Å². The zero-order chi connectivity index (χ0) is 16.9. The number of pyridine rings is 2. The summed E-state index contributed by atoms with van der Waals surface area (Å²) in [5, 5.41) is 2.85. The maximum Gasteiger partial charge on any atom is 0.255 e. The van der Waals surface area contributed by atoms with Gasteiger partial charge in [-0.1, -0.05) is 6.07 Å². The number of aromatic nitrogens is 2. The summed E-state index contributed by atoms with van der Waals surface area (Å²) in [7, 11) is 0. The van der Waals surface area contributed by atoms with E-state index >= 15 is 0 Å². The molecule has 1 aliphatic rings. The van der Waals surface area contributed by atoms with Crippen molar-refractivity contribution < 1.29 is 9.59 Å². The summed E-state index contributed by atoms with van der Waals surface area (Å²) in [6.07, 6.45) is 4.78. The van der Waals surface area contributed by atoms with Gasteiger partial charge >= 0.3 is 0 Å². The molecule has 1 N–H and O–H groups in total. The first-order valence-electron chi connectivity index (χ1n) is 8.07. The highest BCUT2D eigenvalue weighted by Gasteiger charge is 2.29. The van der Waals surface area contributed by atoms with Crippen molar-refractivity contribution in [1.82, 2.24) is 14.9 Å². The third-order valence-corrected chi connectivity index (χ3v) is 4.13. The molecule has 0 unspecified atom stereocenters. The monoisotopic (exact) mass is 324 g/mol. The number of nitrogens with one attached hydrogen (secondary N) is 1. The second-order valence-electron chi connectivity index (χ2n) is 5.99. The van der Waals surface area contributed by atoms with Gasteiger partial charge in [-0.2, -0.15) is 0 Å². The lowest BCUT2D eigenvalue weighted by Crippen LogP contribution is -2.43. The molecule has 124 valence electrons. The lowest BCUT2D eigenvalue weighted by molar-refractivity contribution is -0.121. The molecule has 1 atom stereocenters. The SMILES string of the molecule is Cc1cccc(NC(=O)[C@H]2CCCN(C(=O)c3cccnc3)C2)n1. The van der Waals surface area contributed by atoms with Crippen LogP contribution in [0.5, 0.6) is 0 Å². The minimum atomic E-state index is -0.221. The number of rotatable bonds is 3. The first-order chi connectivity index (χ1) is 11.6. The van der Waals surface area contributed by atoms with E-state index in [0.29, 0.717) is 24.5 Å².